The van der Waals surface area contributed by atoms with Crippen molar-refractivity contribution in [3.8, 4) is 0 Å². The first-order valence-electron chi connectivity index (χ1n) is 6.37. The summed E-state index contributed by atoms with van der Waals surface area (Å²) in [6, 6.07) is 7.04. The minimum atomic E-state index is -0.383. The molecule has 3 aromatic rings. The number of rotatable bonds is 5. The summed E-state index contributed by atoms with van der Waals surface area (Å²) in [4.78, 5) is 30.8. The van der Waals surface area contributed by atoms with Crippen molar-refractivity contribution in [1.82, 2.24) is 14.5 Å². The first-order chi connectivity index (χ1) is 10.2. The lowest BCUT2D eigenvalue weighted by atomic mass is 10.2. The van der Waals surface area contributed by atoms with Gasteiger partial charge in [0.1, 0.15) is 12.6 Å². The minimum Gasteiger partial charge on any atom is -0.465 e. The number of fused-ring (bicyclic) bond motifs is 1. The van der Waals surface area contributed by atoms with Crippen LogP contribution in [-0.4, -0.2) is 27.6 Å². The maximum Gasteiger partial charge on any atom is 0.327 e. The lowest BCUT2D eigenvalue weighted by Crippen LogP contribution is -2.26. The Morgan fingerprint density at radius 2 is 2.29 bits per heavy atom. The summed E-state index contributed by atoms with van der Waals surface area (Å²) in [5, 5.41) is 0. The highest BCUT2D eigenvalue weighted by atomic mass is 32.1. The fourth-order valence-electron chi connectivity index (χ4n) is 2.41. The molecular weight excluding hydrogens is 290 g/mol. The highest BCUT2D eigenvalue weighted by molar-refractivity contribution is 7.09. The molecule has 0 aliphatic rings. The van der Waals surface area contributed by atoms with E-state index >= 15 is 0 Å². The number of imidazole rings is 1. The number of benzene rings is 1. The van der Waals surface area contributed by atoms with E-state index in [1.807, 2.05) is 31.2 Å². The molecule has 0 saturated carbocycles. The minimum absolute atomic E-state index is 0.0916. The average molecular weight is 303 g/mol. The van der Waals surface area contributed by atoms with Gasteiger partial charge in [0.15, 0.2) is 0 Å². The van der Waals surface area contributed by atoms with E-state index < -0.39 is 0 Å². The second-order valence-corrected chi connectivity index (χ2v) is 5.45. The Morgan fingerprint density at radius 3 is 3.00 bits per heavy atom. The van der Waals surface area contributed by atoms with Crippen LogP contribution < -0.4 is 5.69 Å². The van der Waals surface area contributed by atoms with Crippen molar-refractivity contribution in [2.75, 3.05) is 6.61 Å². The van der Waals surface area contributed by atoms with Crippen LogP contribution in [0.2, 0.25) is 0 Å². The maximum absolute atomic E-state index is 12.3. The van der Waals surface area contributed by atoms with E-state index in [-0.39, 0.29) is 18.3 Å². The van der Waals surface area contributed by atoms with Crippen molar-refractivity contribution in [3.63, 3.8) is 0 Å². The summed E-state index contributed by atoms with van der Waals surface area (Å²) in [6.07, 6.45) is 0. The normalized spacial score (nSPS) is 12.4. The van der Waals surface area contributed by atoms with Gasteiger partial charge in [0.2, 0.25) is 0 Å². The van der Waals surface area contributed by atoms with Crippen LogP contribution in [0.5, 0.6) is 0 Å². The maximum atomic E-state index is 12.3. The van der Waals surface area contributed by atoms with Crippen molar-refractivity contribution >= 4 is 28.8 Å². The fourth-order valence-corrected chi connectivity index (χ4v) is 3.29. The zero-order valence-corrected chi connectivity index (χ0v) is 12.1. The van der Waals surface area contributed by atoms with Crippen LogP contribution in [0, 0.1) is 6.92 Å². The monoisotopic (exact) mass is 303 g/mol. The van der Waals surface area contributed by atoms with Crippen LogP contribution in [-0.2, 0) is 9.53 Å². The van der Waals surface area contributed by atoms with Crippen LogP contribution in [0.25, 0.3) is 11.0 Å². The SMILES string of the molecule is Cc1ncsc1C(COC=O)n1c(=O)[nH]c2ccccc21. The van der Waals surface area contributed by atoms with Gasteiger partial charge in [-0.25, -0.2) is 9.78 Å². The molecule has 2 aromatic heterocycles. The molecule has 6 nitrogen and oxygen atoms in total. The predicted molar refractivity (Wildman–Crippen MR) is 79.6 cm³/mol. The highest BCUT2D eigenvalue weighted by Crippen LogP contribution is 2.27. The van der Waals surface area contributed by atoms with Crippen LogP contribution >= 0.6 is 11.3 Å². The summed E-state index contributed by atoms with van der Waals surface area (Å²) in [6.45, 7) is 2.36. The molecule has 1 unspecified atom stereocenters. The van der Waals surface area contributed by atoms with Crippen LogP contribution in [0.4, 0.5) is 0 Å². The van der Waals surface area contributed by atoms with Gasteiger partial charge in [-0.3, -0.25) is 9.36 Å². The second-order valence-electron chi connectivity index (χ2n) is 4.56. The average Bonchev–Trinajstić information content (AvgIpc) is 3.04. The quantitative estimate of drug-likeness (QED) is 0.730. The van der Waals surface area contributed by atoms with Gasteiger partial charge in [-0.1, -0.05) is 12.1 Å². The van der Waals surface area contributed by atoms with Crippen molar-refractivity contribution in [2.24, 2.45) is 0 Å². The molecule has 1 atom stereocenters. The van der Waals surface area contributed by atoms with E-state index in [4.69, 9.17) is 4.74 Å². The largest absolute Gasteiger partial charge is 0.465 e. The van der Waals surface area contributed by atoms with Gasteiger partial charge in [-0.15, -0.1) is 11.3 Å². The number of thiazole rings is 1. The second kappa shape index (κ2) is 5.53. The summed E-state index contributed by atoms with van der Waals surface area (Å²) < 4.78 is 6.54. The number of aryl methyl sites for hydroxylation is 1. The van der Waals surface area contributed by atoms with Gasteiger partial charge >= 0.3 is 5.69 Å². The molecule has 7 heteroatoms. The molecule has 21 heavy (non-hydrogen) atoms. The third kappa shape index (κ3) is 2.36. The third-order valence-electron chi connectivity index (χ3n) is 3.34. The number of para-hydroxylation sites is 2. The van der Waals surface area contributed by atoms with Gasteiger partial charge < -0.3 is 9.72 Å². The molecule has 0 fully saturated rings. The van der Waals surface area contributed by atoms with Crippen molar-refractivity contribution in [1.29, 1.82) is 0 Å². The Bertz CT molecular complexity index is 833. The molecule has 1 aromatic carbocycles. The third-order valence-corrected chi connectivity index (χ3v) is 4.38. The predicted octanol–water partition coefficient (Wildman–Crippen LogP) is 1.86. The van der Waals surface area contributed by atoms with Crippen LogP contribution in [0.3, 0.4) is 0 Å². The fraction of sp³-hybridized carbons (Fsp3) is 0.214. The Balaban J connectivity index is 2.19. The van der Waals surface area contributed by atoms with E-state index in [1.54, 1.807) is 10.1 Å². The van der Waals surface area contributed by atoms with E-state index in [9.17, 15) is 9.59 Å². The molecule has 0 radical (unpaired) electrons. The lowest BCUT2D eigenvalue weighted by molar-refractivity contribution is -0.129. The molecule has 0 aliphatic carbocycles. The highest BCUT2D eigenvalue weighted by Gasteiger charge is 2.23. The molecule has 0 spiro atoms. The number of ether oxygens (including phenoxy) is 1. The Hall–Kier alpha value is -2.41. The molecular formula is C14H13N3O3S. The zero-order chi connectivity index (χ0) is 14.8. The number of nitrogens with zero attached hydrogens (tertiary/aromatic N) is 2. The lowest BCUT2D eigenvalue weighted by Gasteiger charge is -2.16. The molecule has 108 valence electrons. The van der Waals surface area contributed by atoms with Crippen LogP contribution in [0.15, 0.2) is 34.6 Å². The smallest absolute Gasteiger partial charge is 0.327 e. The van der Waals surface area contributed by atoms with E-state index in [2.05, 4.69) is 9.97 Å². The zero-order valence-electron chi connectivity index (χ0n) is 11.3. The van der Waals surface area contributed by atoms with Gasteiger partial charge in [-0.05, 0) is 19.1 Å². The number of carbonyl (C=O) groups is 1. The van der Waals surface area contributed by atoms with E-state index in [1.165, 1.54) is 11.3 Å². The summed E-state index contributed by atoms with van der Waals surface area (Å²) in [7, 11) is 0. The standard InChI is InChI=1S/C14H13N3O3S/c1-9-13(21-7-15-9)12(6-20-8-18)17-11-5-3-2-4-10(11)16-14(17)19/h2-5,7-8,12H,6H2,1H3,(H,16,19). The number of H-pyrrole nitrogens is 1. The van der Waals surface area contributed by atoms with Gasteiger partial charge in [0, 0.05) is 0 Å². The van der Waals surface area contributed by atoms with Crippen LogP contribution in [0.1, 0.15) is 16.6 Å². The van der Waals surface area contributed by atoms with Crippen molar-refractivity contribution in [3.05, 3.63) is 50.8 Å². The number of carbonyl (C=O) groups excluding carboxylic acids is 1. The Morgan fingerprint density at radius 1 is 1.48 bits per heavy atom. The molecule has 0 amide bonds. The summed E-state index contributed by atoms with van der Waals surface area (Å²) in [5.74, 6) is 0. The molecule has 2 heterocycles. The molecule has 3 rings (SSSR count). The summed E-state index contributed by atoms with van der Waals surface area (Å²) in [5.41, 5.74) is 3.84. The van der Waals surface area contributed by atoms with Gasteiger partial charge in [0.05, 0.1) is 27.1 Å². The Kier molecular flexibility index (Phi) is 3.57. The van der Waals surface area contributed by atoms with Gasteiger partial charge in [-0.2, -0.15) is 0 Å². The van der Waals surface area contributed by atoms with Crippen molar-refractivity contribution in [2.45, 2.75) is 13.0 Å². The molecule has 1 N–H and O–H groups in total. The van der Waals surface area contributed by atoms with E-state index in [0.717, 1.165) is 21.6 Å². The first kappa shape index (κ1) is 13.6. The number of aromatic nitrogens is 3. The molecule has 0 saturated heterocycles. The Labute approximate surface area is 124 Å². The number of hydrogen-bond acceptors (Lipinski definition) is 5. The first-order valence-corrected chi connectivity index (χ1v) is 7.25. The van der Waals surface area contributed by atoms with E-state index in [0.29, 0.717) is 6.47 Å². The number of aromatic amines is 1. The summed E-state index contributed by atoms with van der Waals surface area (Å²) >= 11 is 1.44. The molecule has 0 aliphatic heterocycles. The number of hydrogen-bond donors (Lipinski definition) is 1. The molecule has 0 bridgehead atoms. The number of nitrogens with one attached hydrogen (secondary N) is 1. The topological polar surface area (TPSA) is 77.0 Å². The van der Waals surface area contributed by atoms with Gasteiger partial charge in [0.25, 0.3) is 6.47 Å². The van der Waals surface area contributed by atoms with Crippen molar-refractivity contribution < 1.29 is 9.53 Å².